The Hall–Kier alpha value is -3.12. The van der Waals surface area contributed by atoms with Crippen LogP contribution in [-0.2, 0) is 24.5 Å². The van der Waals surface area contributed by atoms with Gasteiger partial charge in [-0.1, -0.05) is 24.3 Å². The maximum Gasteiger partial charge on any atom is 0.330 e. The van der Waals surface area contributed by atoms with Gasteiger partial charge >= 0.3 is 11.9 Å². The Labute approximate surface area is 152 Å². The molecule has 0 amide bonds. The molecule has 1 aliphatic rings. The van der Waals surface area contributed by atoms with E-state index in [-0.39, 0.29) is 12.5 Å². The predicted octanol–water partition coefficient (Wildman–Crippen LogP) is 2.75. The van der Waals surface area contributed by atoms with E-state index in [4.69, 9.17) is 4.74 Å². The van der Waals surface area contributed by atoms with Gasteiger partial charge in [-0.2, -0.15) is 10.5 Å². The molecule has 1 aliphatic carbocycles. The molecule has 6 heteroatoms. The summed E-state index contributed by atoms with van der Waals surface area (Å²) in [5.74, 6) is -2.23. The molecule has 6 nitrogen and oxygen atoms in total. The van der Waals surface area contributed by atoms with Crippen molar-refractivity contribution in [2.24, 2.45) is 11.8 Å². The van der Waals surface area contributed by atoms with Gasteiger partial charge in [0.2, 0.25) is 0 Å². The van der Waals surface area contributed by atoms with E-state index < -0.39 is 23.3 Å². The molecule has 1 aromatic carbocycles. The SMILES string of the molecule is CCOC(=O)C(c1ccc(/C=C/C(=O)OC)cc1)(C(C#N)C#N)C1CC1. The molecule has 2 rings (SSSR count). The average molecular weight is 352 g/mol. The van der Waals surface area contributed by atoms with Crippen LogP contribution in [0.5, 0.6) is 0 Å². The van der Waals surface area contributed by atoms with Crippen molar-refractivity contribution in [3.05, 3.63) is 41.5 Å². The smallest absolute Gasteiger partial charge is 0.330 e. The lowest BCUT2D eigenvalue weighted by molar-refractivity contribution is -0.152. The van der Waals surface area contributed by atoms with Crippen LogP contribution in [0.3, 0.4) is 0 Å². The summed E-state index contributed by atoms with van der Waals surface area (Å²) < 4.78 is 9.80. The first kappa shape index (κ1) is 19.2. The Morgan fingerprint density at radius 2 is 1.88 bits per heavy atom. The van der Waals surface area contributed by atoms with Crippen molar-refractivity contribution in [2.75, 3.05) is 13.7 Å². The Morgan fingerprint density at radius 1 is 1.27 bits per heavy atom. The molecule has 26 heavy (non-hydrogen) atoms. The van der Waals surface area contributed by atoms with Crippen molar-refractivity contribution in [3.8, 4) is 12.1 Å². The summed E-state index contributed by atoms with van der Waals surface area (Å²) in [7, 11) is 1.29. The maximum atomic E-state index is 12.8. The molecule has 1 fully saturated rings. The number of benzene rings is 1. The van der Waals surface area contributed by atoms with E-state index in [0.29, 0.717) is 5.56 Å². The Kier molecular flexibility index (Phi) is 6.14. The fourth-order valence-electron chi connectivity index (χ4n) is 3.16. The van der Waals surface area contributed by atoms with Crippen LogP contribution in [0.4, 0.5) is 0 Å². The highest BCUT2D eigenvalue weighted by atomic mass is 16.5. The predicted molar refractivity (Wildman–Crippen MR) is 93.2 cm³/mol. The highest BCUT2D eigenvalue weighted by Gasteiger charge is 2.58. The molecule has 0 spiro atoms. The van der Waals surface area contributed by atoms with Crippen LogP contribution in [0.2, 0.25) is 0 Å². The van der Waals surface area contributed by atoms with E-state index in [2.05, 4.69) is 4.74 Å². The van der Waals surface area contributed by atoms with Crippen LogP contribution >= 0.6 is 0 Å². The third kappa shape index (κ3) is 3.60. The van der Waals surface area contributed by atoms with Crippen molar-refractivity contribution in [1.29, 1.82) is 10.5 Å². The zero-order valence-corrected chi connectivity index (χ0v) is 14.8. The van der Waals surface area contributed by atoms with E-state index in [9.17, 15) is 20.1 Å². The second-order valence-electron chi connectivity index (χ2n) is 6.03. The van der Waals surface area contributed by atoms with Crippen molar-refractivity contribution in [3.63, 3.8) is 0 Å². The van der Waals surface area contributed by atoms with Gasteiger partial charge in [0.25, 0.3) is 0 Å². The Bertz CT molecular complexity index is 768. The largest absolute Gasteiger partial charge is 0.466 e. The van der Waals surface area contributed by atoms with Crippen LogP contribution < -0.4 is 0 Å². The first-order valence-corrected chi connectivity index (χ1v) is 8.37. The minimum atomic E-state index is -1.29. The molecule has 0 aliphatic heterocycles. The monoisotopic (exact) mass is 352 g/mol. The molecule has 0 radical (unpaired) electrons. The van der Waals surface area contributed by atoms with Gasteiger partial charge in [-0.3, -0.25) is 4.79 Å². The summed E-state index contributed by atoms with van der Waals surface area (Å²) in [5.41, 5.74) is 0.0318. The van der Waals surface area contributed by atoms with Gasteiger partial charge in [-0.25, -0.2) is 4.79 Å². The number of methoxy groups -OCH3 is 1. The van der Waals surface area contributed by atoms with Gasteiger partial charge in [-0.05, 0) is 42.9 Å². The molecule has 1 saturated carbocycles. The number of hydrogen-bond acceptors (Lipinski definition) is 6. The van der Waals surface area contributed by atoms with Crippen LogP contribution in [-0.4, -0.2) is 25.7 Å². The molecule has 1 unspecified atom stereocenters. The first-order chi connectivity index (χ1) is 12.5. The standard InChI is InChI=1S/C20H20N2O4/c1-3-26-19(24)20(16-9-10-16,17(12-21)13-22)15-7-4-14(5-8-15)6-11-18(23)25-2/h4-8,11,16-17H,3,9-10H2,1-2H3/b11-6+. The molecular weight excluding hydrogens is 332 g/mol. The van der Waals surface area contributed by atoms with E-state index in [0.717, 1.165) is 18.4 Å². The molecule has 0 aromatic heterocycles. The Balaban J connectivity index is 2.47. The normalized spacial score (nSPS) is 15.7. The molecule has 1 aromatic rings. The van der Waals surface area contributed by atoms with Gasteiger partial charge in [0.1, 0.15) is 5.41 Å². The number of nitriles is 2. The number of hydrogen-bond donors (Lipinski definition) is 0. The minimum absolute atomic E-state index is 0.0951. The third-order valence-corrected chi connectivity index (χ3v) is 4.55. The second kappa shape index (κ2) is 8.31. The number of nitrogens with zero attached hydrogens (tertiary/aromatic N) is 2. The summed E-state index contributed by atoms with van der Waals surface area (Å²) in [6.07, 6.45) is 4.41. The molecule has 1 atom stereocenters. The van der Waals surface area contributed by atoms with Crippen molar-refractivity contribution < 1.29 is 19.1 Å². The number of carbonyl (C=O) groups is 2. The van der Waals surface area contributed by atoms with E-state index in [1.807, 2.05) is 12.1 Å². The molecule has 0 bridgehead atoms. The van der Waals surface area contributed by atoms with Crippen LogP contribution in [0.25, 0.3) is 6.08 Å². The van der Waals surface area contributed by atoms with Crippen molar-refractivity contribution >= 4 is 18.0 Å². The van der Waals surface area contributed by atoms with Gasteiger partial charge in [0.05, 0.1) is 25.9 Å². The minimum Gasteiger partial charge on any atom is -0.466 e. The zero-order chi connectivity index (χ0) is 19.2. The van der Waals surface area contributed by atoms with E-state index in [1.165, 1.54) is 13.2 Å². The molecule has 0 saturated heterocycles. The summed E-state index contributed by atoms with van der Waals surface area (Å²) in [6, 6.07) is 10.9. The van der Waals surface area contributed by atoms with Crippen LogP contribution in [0.1, 0.15) is 30.9 Å². The quantitative estimate of drug-likeness (QED) is 0.552. The van der Waals surface area contributed by atoms with Gasteiger partial charge in [0.15, 0.2) is 5.92 Å². The Morgan fingerprint density at radius 3 is 2.35 bits per heavy atom. The topological polar surface area (TPSA) is 100 Å². The molecule has 134 valence electrons. The second-order valence-corrected chi connectivity index (χ2v) is 6.03. The highest BCUT2D eigenvalue weighted by Crippen LogP contribution is 2.52. The maximum absolute atomic E-state index is 12.8. The van der Waals surface area contributed by atoms with Gasteiger partial charge in [-0.15, -0.1) is 0 Å². The zero-order valence-electron chi connectivity index (χ0n) is 14.8. The average Bonchev–Trinajstić information content (AvgIpc) is 3.50. The van der Waals surface area contributed by atoms with Crippen LogP contribution in [0, 0.1) is 34.5 Å². The summed E-state index contributed by atoms with van der Waals surface area (Å²) in [6.45, 7) is 1.88. The lowest BCUT2D eigenvalue weighted by Gasteiger charge is -2.33. The number of carbonyl (C=O) groups excluding carboxylic acids is 2. The number of esters is 2. The highest BCUT2D eigenvalue weighted by molar-refractivity contribution is 5.87. The van der Waals surface area contributed by atoms with Gasteiger partial charge < -0.3 is 9.47 Å². The van der Waals surface area contributed by atoms with E-state index >= 15 is 0 Å². The fraction of sp³-hybridized carbons (Fsp3) is 0.400. The fourth-order valence-corrected chi connectivity index (χ4v) is 3.16. The lowest BCUT2D eigenvalue weighted by atomic mass is 9.67. The molecule has 0 N–H and O–H groups in total. The lowest BCUT2D eigenvalue weighted by Crippen LogP contribution is -2.45. The van der Waals surface area contributed by atoms with Gasteiger partial charge in [0, 0.05) is 6.08 Å². The van der Waals surface area contributed by atoms with E-state index in [1.54, 1.807) is 37.3 Å². The molecule has 0 heterocycles. The number of ether oxygens (including phenoxy) is 2. The summed E-state index contributed by atoms with van der Waals surface area (Å²) in [4.78, 5) is 24.0. The summed E-state index contributed by atoms with van der Waals surface area (Å²) in [5, 5.41) is 19.0. The number of rotatable bonds is 7. The van der Waals surface area contributed by atoms with Crippen molar-refractivity contribution in [2.45, 2.75) is 25.2 Å². The molecular formula is C20H20N2O4. The first-order valence-electron chi connectivity index (χ1n) is 8.37. The van der Waals surface area contributed by atoms with Crippen LogP contribution in [0.15, 0.2) is 30.3 Å². The third-order valence-electron chi connectivity index (χ3n) is 4.55. The summed E-state index contributed by atoms with van der Waals surface area (Å²) >= 11 is 0. The van der Waals surface area contributed by atoms with Crippen molar-refractivity contribution in [1.82, 2.24) is 0 Å².